The summed E-state index contributed by atoms with van der Waals surface area (Å²) in [4.78, 5) is 23.2. The first-order valence-electron chi connectivity index (χ1n) is 6.51. The summed E-state index contributed by atoms with van der Waals surface area (Å²) in [6.45, 7) is 2.81. The lowest BCUT2D eigenvalue weighted by molar-refractivity contribution is -0.120. The van der Waals surface area contributed by atoms with Crippen molar-refractivity contribution < 1.29 is 19.4 Å². The van der Waals surface area contributed by atoms with E-state index in [0.29, 0.717) is 6.54 Å². The largest absolute Gasteiger partial charge is 0.504 e. The third-order valence-corrected chi connectivity index (χ3v) is 2.67. The standard InChI is InChI=1S/C14H20N2O4/c1-3-8-15-12(17)7-9-16-14(19)10-5-4-6-11(20-2)13(10)18/h4-6,18H,3,7-9H2,1-2H3,(H,15,17)(H,16,19). The van der Waals surface area contributed by atoms with Crippen molar-refractivity contribution in [1.82, 2.24) is 10.6 Å². The lowest BCUT2D eigenvalue weighted by Crippen LogP contribution is -2.31. The summed E-state index contributed by atoms with van der Waals surface area (Å²) in [6, 6.07) is 4.66. The summed E-state index contributed by atoms with van der Waals surface area (Å²) >= 11 is 0. The Kier molecular flexibility index (Phi) is 6.36. The average Bonchev–Trinajstić information content (AvgIpc) is 2.45. The Labute approximate surface area is 118 Å². The fraction of sp³-hybridized carbons (Fsp3) is 0.429. The summed E-state index contributed by atoms with van der Waals surface area (Å²) in [7, 11) is 1.41. The molecule has 0 aromatic heterocycles. The summed E-state index contributed by atoms with van der Waals surface area (Å²) < 4.78 is 4.93. The highest BCUT2D eigenvalue weighted by Crippen LogP contribution is 2.28. The van der Waals surface area contributed by atoms with E-state index in [0.717, 1.165) is 6.42 Å². The molecule has 0 bridgehead atoms. The maximum absolute atomic E-state index is 11.9. The van der Waals surface area contributed by atoms with Crippen molar-refractivity contribution in [2.75, 3.05) is 20.2 Å². The fourth-order valence-electron chi connectivity index (χ4n) is 1.61. The van der Waals surface area contributed by atoms with Crippen molar-refractivity contribution in [3.05, 3.63) is 23.8 Å². The summed E-state index contributed by atoms with van der Waals surface area (Å²) in [5.74, 6) is -0.520. The molecule has 0 radical (unpaired) electrons. The minimum atomic E-state index is -0.440. The monoisotopic (exact) mass is 280 g/mol. The van der Waals surface area contributed by atoms with Crippen LogP contribution in [0, 0.1) is 0 Å². The SMILES string of the molecule is CCCNC(=O)CCNC(=O)c1cccc(OC)c1O. The van der Waals surface area contributed by atoms with Gasteiger partial charge in [0.05, 0.1) is 12.7 Å². The van der Waals surface area contributed by atoms with Gasteiger partial charge in [0.2, 0.25) is 5.91 Å². The smallest absolute Gasteiger partial charge is 0.255 e. The number of ether oxygens (including phenoxy) is 1. The molecular formula is C14H20N2O4. The van der Waals surface area contributed by atoms with Gasteiger partial charge in [-0.3, -0.25) is 9.59 Å². The molecule has 0 spiro atoms. The van der Waals surface area contributed by atoms with Gasteiger partial charge in [0, 0.05) is 19.5 Å². The van der Waals surface area contributed by atoms with Crippen LogP contribution in [0.2, 0.25) is 0 Å². The number of benzene rings is 1. The molecule has 0 saturated heterocycles. The van der Waals surface area contributed by atoms with Crippen LogP contribution in [0.15, 0.2) is 18.2 Å². The first-order valence-corrected chi connectivity index (χ1v) is 6.51. The normalized spacial score (nSPS) is 9.90. The number of hydrogen-bond donors (Lipinski definition) is 3. The molecule has 6 nitrogen and oxygen atoms in total. The molecule has 6 heteroatoms. The van der Waals surface area contributed by atoms with Gasteiger partial charge in [-0.25, -0.2) is 0 Å². The molecule has 110 valence electrons. The molecule has 20 heavy (non-hydrogen) atoms. The van der Waals surface area contributed by atoms with Gasteiger partial charge in [0.1, 0.15) is 0 Å². The van der Waals surface area contributed by atoms with E-state index in [1.165, 1.54) is 13.2 Å². The quantitative estimate of drug-likeness (QED) is 0.696. The van der Waals surface area contributed by atoms with E-state index in [1.807, 2.05) is 6.92 Å². The molecule has 1 aromatic carbocycles. The first-order chi connectivity index (χ1) is 9.60. The Morgan fingerprint density at radius 1 is 1.25 bits per heavy atom. The number of rotatable bonds is 7. The lowest BCUT2D eigenvalue weighted by Gasteiger charge is -2.09. The van der Waals surface area contributed by atoms with E-state index in [1.54, 1.807) is 12.1 Å². The van der Waals surface area contributed by atoms with Gasteiger partial charge in [-0.05, 0) is 18.6 Å². The number of aromatic hydroxyl groups is 1. The number of amides is 2. The number of para-hydroxylation sites is 1. The van der Waals surface area contributed by atoms with Gasteiger partial charge in [-0.15, -0.1) is 0 Å². The minimum absolute atomic E-state index is 0.109. The maximum atomic E-state index is 11.9. The van der Waals surface area contributed by atoms with E-state index in [2.05, 4.69) is 10.6 Å². The van der Waals surface area contributed by atoms with Crippen LogP contribution in [0.1, 0.15) is 30.1 Å². The zero-order valence-corrected chi connectivity index (χ0v) is 11.7. The lowest BCUT2D eigenvalue weighted by atomic mass is 10.1. The topological polar surface area (TPSA) is 87.7 Å². The van der Waals surface area contributed by atoms with Crippen molar-refractivity contribution in [3.63, 3.8) is 0 Å². The molecule has 0 aliphatic heterocycles. The van der Waals surface area contributed by atoms with Gasteiger partial charge in [0.15, 0.2) is 11.5 Å². The highest BCUT2D eigenvalue weighted by Gasteiger charge is 2.14. The highest BCUT2D eigenvalue weighted by atomic mass is 16.5. The van der Waals surface area contributed by atoms with Crippen LogP contribution < -0.4 is 15.4 Å². The minimum Gasteiger partial charge on any atom is -0.504 e. The second-order valence-electron chi connectivity index (χ2n) is 4.21. The maximum Gasteiger partial charge on any atom is 0.255 e. The Balaban J connectivity index is 2.49. The zero-order chi connectivity index (χ0) is 15.0. The number of methoxy groups -OCH3 is 1. The summed E-state index contributed by atoms with van der Waals surface area (Å²) in [5.41, 5.74) is 0.123. The van der Waals surface area contributed by atoms with Crippen molar-refractivity contribution in [2.45, 2.75) is 19.8 Å². The van der Waals surface area contributed by atoms with Gasteiger partial charge in [-0.2, -0.15) is 0 Å². The van der Waals surface area contributed by atoms with E-state index in [4.69, 9.17) is 4.74 Å². The first kappa shape index (κ1) is 15.8. The van der Waals surface area contributed by atoms with Crippen molar-refractivity contribution in [2.24, 2.45) is 0 Å². The number of carbonyl (C=O) groups excluding carboxylic acids is 2. The fourth-order valence-corrected chi connectivity index (χ4v) is 1.61. The molecule has 3 N–H and O–H groups in total. The van der Waals surface area contributed by atoms with Crippen molar-refractivity contribution >= 4 is 11.8 Å². The number of phenolic OH excluding ortho intramolecular Hbond substituents is 1. The predicted molar refractivity (Wildman–Crippen MR) is 74.9 cm³/mol. The van der Waals surface area contributed by atoms with E-state index in [-0.39, 0.29) is 35.9 Å². The van der Waals surface area contributed by atoms with Crippen LogP contribution in [0.5, 0.6) is 11.5 Å². The van der Waals surface area contributed by atoms with Crippen LogP contribution in [-0.4, -0.2) is 37.1 Å². The Hall–Kier alpha value is -2.24. The molecule has 0 unspecified atom stereocenters. The molecule has 0 saturated carbocycles. The average molecular weight is 280 g/mol. The second kappa shape index (κ2) is 8.04. The van der Waals surface area contributed by atoms with Crippen molar-refractivity contribution in [3.8, 4) is 11.5 Å². The zero-order valence-electron chi connectivity index (χ0n) is 11.7. The molecule has 0 fully saturated rings. The molecule has 1 rings (SSSR count). The number of hydrogen-bond acceptors (Lipinski definition) is 4. The summed E-state index contributed by atoms with van der Waals surface area (Å²) in [5, 5.41) is 15.1. The molecule has 0 atom stereocenters. The van der Waals surface area contributed by atoms with Crippen LogP contribution in [0.4, 0.5) is 0 Å². The van der Waals surface area contributed by atoms with Gasteiger partial charge >= 0.3 is 0 Å². The van der Waals surface area contributed by atoms with Gasteiger partial charge in [-0.1, -0.05) is 13.0 Å². The Morgan fingerprint density at radius 3 is 2.65 bits per heavy atom. The molecule has 0 heterocycles. The van der Waals surface area contributed by atoms with Crippen LogP contribution in [0.3, 0.4) is 0 Å². The van der Waals surface area contributed by atoms with Gasteiger partial charge < -0.3 is 20.5 Å². The van der Waals surface area contributed by atoms with E-state index >= 15 is 0 Å². The predicted octanol–water partition coefficient (Wildman–Crippen LogP) is 1.05. The molecule has 1 aromatic rings. The van der Waals surface area contributed by atoms with Crippen LogP contribution >= 0.6 is 0 Å². The third-order valence-electron chi connectivity index (χ3n) is 2.67. The highest BCUT2D eigenvalue weighted by molar-refractivity contribution is 5.97. The van der Waals surface area contributed by atoms with Gasteiger partial charge in [0.25, 0.3) is 5.91 Å². The molecule has 2 amide bonds. The summed E-state index contributed by atoms with van der Waals surface area (Å²) in [6.07, 6.45) is 1.08. The van der Waals surface area contributed by atoms with E-state index in [9.17, 15) is 14.7 Å². The number of phenols is 1. The third kappa shape index (κ3) is 4.46. The van der Waals surface area contributed by atoms with E-state index < -0.39 is 5.91 Å². The van der Waals surface area contributed by atoms with Crippen LogP contribution in [-0.2, 0) is 4.79 Å². The Bertz CT molecular complexity index is 474. The Morgan fingerprint density at radius 2 is 2.00 bits per heavy atom. The number of nitrogens with one attached hydrogen (secondary N) is 2. The molecular weight excluding hydrogens is 260 g/mol. The molecule has 0 aliphatic rings. The second-order valence-corrected chi connectivity index (χ2v) is 4.21. The number of carbonyl (C=O) groups is 2. The van der Waals surface area contributed by atoms with Crippen LogP contribution in [0.25, 0.3) is 0 Å². The van der Waals surface area contributed by atoms with Crippen molar-refractivity contribution in [1.29, 1.82) is 0 Å². The molecule has 0 aliphatic carbocycles.